The van der Waals surface area contributed by atoms with E-state index in [4.69, 9.17) is 5.11 Å². The zero-order valence-electron chi connectivity index (χ0n) is 12.6. The first-order chi connectivity index (χ1) is 9.47. The number of rotatable bonds is 5. The zero-order chi connectivity index (χ0) is 14.7. The minimum Gasteiger partial charge on any atom is -0.481 e. The first kappa shape index (κ1) is 15.4. The summed E-state index contributed by atoms with van der Waals surface area (Å²) in [5.41, 5.74) is 0.769. The van der Waals surface area contributed by atoms with Crippen molar-refractivity contribution < 1.29 is 9.90 Å². The summed E-state index contributed by atoms with van der Waals surface area (Å²) in [7, 11) is 0. The van der Waals surface area contributed by atoms with Crippen LogP contribution in [0.15, 0.2) is 0 Å². The van der Waals surface area contributed by atoms with Crippen molar-refractivity contribution in [2.45, 2.75) is 46.6 Å². The topological polar surface area (TPSA) is 53.4 Å². The average molecular weight is 296 g/mol. The monoisotopic (exact) mass is 296 g/mol. The van der Waals surface area contributed by atoms with Crippen molar-refractivity contribution in [2.24, 2.45) is 11.8 Å². The van der Waals surface area contributed by atoms with Crippen LogP contribution in [0.4, 0.5) is 0 Å². The Bertz CT molecular complexity index is 462. The van der Waals surface area contributed by atoms with Gasteiger partial charge >= 0.3 is 5.97 Å². The molecule has 1 aliphatic rings. The van der Waals surface area contributed by atoms with Gasteiger partial charge in [-0.2, -0.15) is 0 Å². The lowest BCUT2D eigenvalue weighted by atomic mass is 9.92. The molecule has 1 aromatic rings. The Kier molecular flexibility index (Phi) is 5.16. The second kappa shape index (κ2) is 6.68. The maximum absolute atomic E-state index is 11.0. The van der Waals surface area contributed by atoms with Gasteiger partial charge in [-0.25, -0.2) is 4.98 Å². The summed E-state index contributed by atoms with van der Waals surface area (Å²) in [6.45, 7) is 9.73. The molecule has 0 aliphatic carbocycles. The van der Waals surface area contributed by atoms with E-state index < -0.39 is 5.97 Å². The summed E-state index contributed by atoms with van der Waals surface area (Å²) in [5.74, 6) is 0.653. The van der Waals surface area contributed by atoms with Crippen molar-refractivity contribution in [1.29, 1.82) is 0 Å². The van der Waals surface area contributed by atoms with E-state index in [0.717, 1.165) is 53.5 Å². The van der Waals surface area contributed by atoms with Crippen LogP contribution >= 0.6 is 11.3 Å². The molecule has 5 heteroatoms. The normalized spacial score (nSPS) is 23.9. The molecular weight excluding hydrogens is 272 g/mol. The molecule has 1 saturated heterocycles. The second-order valence-corrected chi connectivity index (χ2v) is 7.21. The third-order valence-corrected chi connectivity index (χ3v) is 4.98. The van der Waals surface area contributed by atoms with E-state index in [9.17, 15) is 4.79 Å². The van der Waals surface area contributed by atoms with E-state index >= 15 is 0 Å². The van der Waals surface area contributed by atoms with Gasteiger partial charge < -0.3 is 5.11 Å². The second-order valence-electron chi connectivity index (χ2n) is 6.04. The summed E-state index contributed by atoms with van der Waals surface area (Å²) < 4.78 is 0. The van der Waals surface area contributed by atoms with Crippen LogP contribution in [-0.4, -0.2) is 34.0 Å². The predicted molar refractivity (Wildman–Crippen MR) is 81.1 cm³/mol. The highest BCUT2D eigenvalue weighted by Gasteiger charge is 2.24. The van der Waals surface area contributed by atoms with Crippen LogP contribution in [0.2, 0.25) is 0 Å². The number of hydrogen-bond acceptors (Lipinski definition) is 4. The maximum atomic E-state index is 11.0. The van der Waals surface area contributed by atoms with Crippen molar-refractivity contribution in [2.75, 3.05) is 13.1 Å². The van der Waals surface area contributed by atoms with Gasteiger partial charge in [-0.1, -0.05) is 20.8 Å². The van der Waals surface area contributed by atoms with Gasteiger partial charge in [0.15, 0.2) is 0 Å². The standard InChI is InChI=1S/C15H24N2O2S/c1-4-14-16-12(6-15(18)19)13(20-14)9-17-7-10(2)5-11(3)8-17/h10-11H,4-9H2,1-3H3,(H,18,19). The molecule has 2 heterocycles. The van der Waals surface area contributed by atoms with Gasteiger partial charge in [-0.15, -0.1) is 11.3 Å². The molecule has 1 aliphatic heterocycles. The van der Waals surface area contributed by atoms with Gasteiger partial charge in [0.05, 0.1) is 17.1 Å². The third-order valence-electron chi connectivity index (χ3n) is 3.76. The van der Waals surface area contributed by atoms with E-state index in [1.165, 1.54) is 6.42 Å². The minimum atomic E-state index is -0.792. The van der Waals surface area contributed by atoms with Gasteiger partial charge in [0.25, 0.3) is 0 Å². The molecule has 1 aromatic heterocycles. The van der Waals surface area contributed by atoms with Gasteiger partial charge in [-0.3, -0.25) is 9.69 Å². The Morgan fingerprint density at radius 2 is 2.05 bits per heavy atom. The number of aliphatic carboxylic acids is 1. The number of nitrogens with zero attached hydrogens (tertiary/aromatic N) is 2. The lowest BCUT2D eigenvalue weighted by Gasteiger charge is -2.34. The first-order valence-corrected chi connectivity index (χ1v) is 8.21. The predicted octanol–water partition coefficient (Wildman–Crippen LogP) is 2.81. The van der Waals surface area contributed by atoms with Crippen LogP contribution in [0, 0.1) is 11.8 Å². The highest BCUT2D eigenvalue weighted by atomic mass is 32.1. The zero-order valence-corrected chi connectivity index (χ0v) is 13.4. The fourth-order valence-corrected chi connectivity index (χ4v) is 4.18. The maximum Gasteiger partial charge on any atom is 0.309 e. The highest BCUT2D eigenvalue weighted by molar-refractivity contribution is 7.11. The van der Waals surface area contributed by atoms with Crippen molar-refractivity contribution in [1.82, 2.24) is 9.88 Å². The Hall–Kier alpha value is -0.940. The van der Waals surface area contributed by atoms with E-state index in [1.807, 2.05) is 0 Å². The first-order valence-electron chi connectivity index (χ1n) is 7.39. The summed E-state index contributed by atoms with van der Waals surface area (Å²) in [5, 5.41) is 10.1. The Balaban J connectivity index is 2.10. The molecule has 0 bridgehead atoms. The fourth-order valence-electron chi connectivity index (χ4n) is 3.12. The van der Waals surface area contributed by atoms with E-state index in [0.29, 0.717) is 0 Å². The van der Waals surface area contributed by atoms with Crippen molar-refractivity contribution in [3.8, 4) is 0 Å². The van der Waals surface area contributed by atoms with E-state index in [2.05, 4.69) is 30.7 Å². The molecule has 20 heavy (non-hydrogen) atoms. The van der Waals surface area contributed by atoms with Gasteiger partial charge in [-0.05, 0) is 24.7 Å². The minimum absolute atomic E-state index is 0.0464. The van der Waals surface area contributed by atoms with Crippen LogP contribution in [0.1, 0.15) is 42.8 Å². The molecule has 0 spiro atoms. The molecule has 2 rings (SSSR count). The van der Waals surface area contributed by atoms with Gasteiger partial charge in [0.1, 0.15) is 0 Å². The Morgan fingerprint density at radius 3 is 2.60 bits per heavy atom. The molecule has 2 atom stereocenters. The summed E-state index contributed by atoms with van der Waals surface area (Å²) >= 11 is 1.68. The summed E-state index contributed by atoms with van der Waals surface area (Å²) in [6.07, 6.45) is 2.22. The van der Waals surface area contributed by atoms with Crippen molar-refractivity contribution in [3.05, 3.63) is 15.6 Å². The Morgan fingerprint density at radius 1 is 1.40 bits per heavy atom. The van der Waals surface area contributed by atoms with Crippen molar-refractivity contribution in [3.63, 3.8) is 0 Å². The number of carbonyl (C=O) groups is 1. The van der Waals surface area contributed by atoms with E-state index in [-0.39, 0.29) is 6.42 Å². The van der Waals surface area contributed by atoms with Crippen LogP contribution in [0.25, 0.3) is 0 Å². The van der Waals surface area contributed by atoms with Crippen LogP contribution in [-0.2, 0) is 24.2 Å². The third kappa shape index (κ3) is 4.03. The highest BCUT2D eigenvalue weighted by Crippen LogP contribution is 2.26. The summed E-state index contributed by atoms with van der Waals surface area (Å²) in [6, 6.07) is 0. The quantitative estimate of drug-likeness (QED) is 0.908. The molecule has 2 unspecified atom stereocenters. The number of carboxylic acids is 1. The smallest absolute Gasteiger partial charge is 0.309 e. The van der Waals surface area contributed by atoms with Crippen molar-refractivity contribution >= 4 is 17.3 Å². The molecule has 1 N–H and O–H groups in total. The van der Waals surface area contributed by atoms with Crippen LogP contribution in [0.5, 0.6) is 0 Å². The molecule has 4 nitrogen and oxygen atoms in total. The number of likely N-dealkylation sites (tertiary alicyclic amines) is 1. The molecule has 1 fully saturated rings. The largest absolute Gasteiger partial charge is 0.481 e. The number of piperidine rings is 1. The van der Waals surface area contributed by atoms with Gasteiger partial charge in [0.2, 0.25) is 0 Å². The SMILES string of the molecule is CCc1nc(CC(=O)O)c(CN2CC(C)CC(C)C2)s1. The number of aryl methyl sites for hydroxylation is 1. The average Bonchev–Trinajstić information content (AvgIpc) is 2.69. The number of thiazole rings is 1. The lowest BCUT2D eigenvalue weighted by Crippen LogP contribution is -2.38. The van der Waals surface area contributed by atoms with Gasteiger partial charge in [0, 0.05) is 24.5 Å². The molecule has 0 amide bonds. The van der Waals surface area contributed by atoms with E-state index in [1.54, 1.807) is 11.3 Å². The fraction of sp³-hybridized carbons (Fsp3) is 0.733. The Labute approximate surface area is 124 Å². The number of carboxylic acid groups (broad SMARTS) is 1. The summed E-state index contributed by atoms with van der Waals surface area (Å²) in [4.78, 5) is 19.0. The molecule has 0 aromatic carbocycles. The molecule has 0 saturated carbocycles. The number of aromatic nitrogens is 1. The molecule has 112 valence electrons. The number of hydrogen-bond donors (Lipinski definition) is 1. The molecular formula is C15H24N2O2S. The van der Waals surface area contributed by atoms with Crippen LogP contribution in [0.3, 0.4) is 0 Å². The van der Waals surface area contributed by atoms with Crippen LogP contribution < -0.4 is 0 Å². The lowest BCUT2D eigenvalue weighted by molar-refractivity contribution is -0.136. The molecule has 0 radical (unpaired) electrons.